The molecular weight excluding hydrogens is 400 g/mol. The smallest absolute Gasteiger partial charge is 0.234 e. The SMILES string of the molecule is CCc1ccc([C@@H](C)NC(=O)CN2CCC[C@H](C(=O)Nc3ccc(Cl)cn3)C2)cc1. The Hall–Kier alpha value is -2.44. The van der Waals surface area contributed by atoms with E-state index in [0.717, 1.165) is 31.4 Å². The fourth-order valence-electron chi connectivity index (χ4n) is 3.71. The normalized spacial score (nSPS) is 17.9. The van der Waals surface area contributed by atoms with Gasteiger partial charge in [0.1, 0.15) is 5.82 Å². The van der Waals surface area contributed by atoms with E-state index in [1.807, 2.05) is 11.8 Å². The molecule has 0 unspecified atom stereocenters. The molecule has 2 N–H and O–H groups in total. The van der Waals surface area contributed by atoms with Crippen LogP contribution in [0, 0.1) is 5.92 Å². The summed E-state index contributed by atoms with van der Waals surface area (Å²) in [5, 5.41) is 6.43. The van der Waals surface area contributed by atoms with Crippen molar-refractivity contribution in [3.63, 3.8) is 0 Å². The van der Waals surface area contributed by atoms with Gasteiger partial charge in [-0.25, -0.2) is 4.98 Å². The van der Waals surface area contributed by atoms with Crippen LogP contribution in [0.2, 0.25) is 5.02 Å². The lowest BCUT2D eigenvalue weighted by Crippen LogP contribution is -2.45. The molecule has 2 heterocycles. The van der Waals surface area contributed by atoms with Crippen molar-refractivity contribution in [2.45, 2.75) is 39.2 Å². The number of aromatic nitrogens is 1. The summed E-state index contributed by atoms with van der Waals surface area (Å²) < 4.78 is 0. The summed E-state index contributed by atoms with van der Waals surface area (Å²) in [5.74, 6) is 0.229. The molecule has 2 atom stereocenters. The van der Waals surface area contributed by atoms with Gasteiger partial charge in [-0.1, -0.05) is 42.8 Å². The molecule has 160 valence electrons. The van der Waals surface area contributed by atoms with Crippen LogP contribution in [0.1, 0.15) is 43.9 Å². The lowest BCUT2D eigenvalue weighted by molar-refractivity contribution is -0.126. The van der Waals surface area contributed by atoms with Crippen LogP contribution in [0.25, 0.3) is 0 Å². The zero-order valence-corrected chi connectivity index (χ0v) is 18.3. The fraction of sp³-hybridized carbons (Fsp3) is 0.435. The van der Waals surface area contributed by atoms with E-state index in [-0.39, 0.29) is 23.8 Å². The number of hydrogen-bond donors (Lipinski definition) is 2. The monoisotopic (exact) mass is 428 g/mol. The molecular formula is C23H29ClN4O2. The van der Waals surface area contributed by atoms with E-state index in [0.29, 0.717) is 23.9 Å². The Kier molecular flexibility index (Phi) is 7.82. The number of aryl methyl sites for hydroxylation is 1. The molecule has 6 nitrogen and oxygen atoms in total. The molecule has 0 bridgehead atoms. The minimum absolute atomic E-state index is 0.0255. The maximum Gasteiger partial charge on any atom is 0.234 e. The van der Waals surface area contributed by atoms with Crippen molar-refractivity contribution in [3.8, 4) is 0 Å². The van der Waals surface area contributed by atoms with Gasteiger partial charge >= 0.3 is 0 Å². The van der Waals surface area contributed by atoms with Crippen molar-refractivity contribution in [1.29, 1.82) is 0 Å². The molecule has 1 saturated heterocycles. The molecule has 1 aliphatic rings. The predicted octanol–water partition coefficient (Wildman–Crippen LogP) is 3.83. The van der Waals surface area contributed by atoms with Gasteiger partial charge in [0.05, 0.1) is 23.5 Å². The number of rotatable bonds is 7. The van der Waals surface area contributed by atoms with Gasteiger partial charge in [-0.15, -0.1) is 0 Å². The summed E-state index contributed by atoms with van der Waals surface area (Å²) in [7, 11) is 0. The molecule has 1 aromatic heterocycles. The second kappa shape index (κ2) is 10.5. The van der Waals surface area contributed by atoms with E-state index in [1.165, 1.54) is 11.8 Å². The second-order valence-electron chi connectivity index (χ2n) is 7.81. The molecule has 1 aromatic carbocycles. The fourth-order valence-corrected chi connectivity index (χ4v) is 3.82. The molecule has 0 radical (unpaired) electrons. The standard InChI is InChI=1S/C23H29ClN4O2/c1-3-17-6-8-18(9-7-17)16(2)26-22(29)15-28-12-4-5-19(14-28)23(30)27-21-11-10-20(24)13-25-21/h6-11,13,16,19H,3-5,12,14-15H2,1-2H3,(H,26,29)(H,25,27,30)/t16-,19+/m1/s1. The highest BCUT2D eigenvalue weighted by Gasteiger charge is 2.27. The average Bonchev–Trinajstić information content (AvgIpc) is 2.75. The first-order valence-electron chi connectivity index (χ1n) is 10.5. The highest BCUT2D eigenvalue weighted by molar-refractivity contribution is 6.30. The molecule has 2 aromatic rings. The number of nitrogens with zero attached hydrogens (tertiary/aromatic N) is 2. The molecule has 2 amide bonds. The first-order valence-corrected chi connectivity index (χ1v) is 10.9. The minimum atomic E-state index is -0.164. The van der Waals surface area contributed by atoms with E-state index < -0.39 is 0 Å². The molecule has 0 aliphatic carbocycles. The quantitative estimate of drug-likeness (QED) is 0.702. The number of benzene rings is 1. The third-order valence-corrected chi connectivity index (χ3v) is 5.71. The van der Waals surface area contributed by atoms with E-state index in [4.69, 9.17) is 11.6 Å². The first kappa shape index (κ1) is 22.2. The maximum absolute atomic E-state index is 12.6. The van der Waals surface area contributed by atoms with Crippen LogP contribution in [-0.4, -0.2) is 41.3 Å². The van der Waals surface area contributed by atoms with Crippen molar-refractivity contribution >= 4 is 29.2 Å². The number of amides is 2. The van der Waals surface area contributed by atoms with Gasteiger partial charge < -0.3 is 10.6 Å². The van der Waals surface area contributed by atoms with Crippen LogP contribution in [0.15, 0.2) is 42.6 Å². The van der Waals surface area contributed by atoms with E-state index in [9.17, 15) is 9.59 Å². The Morgan fingerprint density at radius 1 is 1.23 bits per heavy atom. The van der Waals surface area contributed by atoms with Crippen LogP contribution in [-0.2, 0) is 16.0 Å². The minimum Gasteiger partial charge on any atom is -0.348 e. The molecule has 30 heavy (non-hydrogen) atoms. The van der Waals surface area contributed by atoms with Crippen molar-refractivity contribution in [2.24, 2.45) is 5.92 Å². The van der Waals surface area contributed by atoms with Crippen molar-refractivity contribution in [3.05, 3.63) is 58.7 Å². The van der Waals surface area contributed by atoms with E-state index >= 15 is 0 Å². The van der Waals surface area contributed by atoms with Gasteiger partial charge in [0.2, 0.25) is 11.8 Å². The predicted molar refractivity (Wildman–Crippen MR) is 119 cm³/mol. The highest BCUT2D eigenvalue weighted by atomic mass is 35.5. The van der Waals surface area contributed by atoms with Crippen molar-refractivity contribution in [1.82, 2.24) is 15.2 Å². The lowest BCUT2D eigenvalue weighted by Gasteiger charge is -2.31. The van der Waals surface area contributed by atoms with Gasteiger partial charge in [-0.2, -0.15) is 0 Å². The Labute approximate surface area is 183 Å². The number of anilines is 1. The molecule has 7 heteroatoms. The number of piperidine rings is 1. The average molecular weight is 429 g/mol. The van der Waals surface area contributed by atoms with Gasteiger partial charge in [-0.3, -0.25) is 14.5 Å². The summed E-state index contributed by atoms with van der Waals surface area (Å²) in [6, 6.07) is 11.7. The zero-order chi connectivity index (χ0) is 21.5. The van der Waals surface area contributed by atoms with Crippen LogP contribution in [0.4, 0.5) is 5.82 Å². The van der Waals surface area contributed by atoms with Gasteiger partial charge in [0.15, 0.2) is 0 Å². The highest BCUT2D eigenvalue weighted by Crippen LogP contribution is 2.19. The largest absolute Gasteiger partial charge is 0.348 e. The van der Waals surface area contributed by atoms with E-state index in [1.54, 1.807) is 12.1 Å². The van der Waals surface area contributed by atoms with Gasteiger partial charge in [0.25, 0.3) is 0 Å². The lowest BCUT2D eigenvalue weighted by atomic mass is 9.97. The maximum atomic E-state index is 12.6. The van der Waals surface area contributed by atoms with Crippen LogP contribution >= 0.6 is 11.6 Å². The second-order valence-corrected chi connectivity index (χ2v) is 8.25. The summed E-state index contributed by atoms with van der Waals surface area (Å²) in [6.45, 7) is 5.78. The summed E-state index contributed by atoms with van der Waals surface area (Å²) in [6.07, 6.45) is 4.19. The van der Waals surface area contributed by atoms with Crippen molar-refractivity contribution in [2.75, 3.05) is 25.0 Å². The topological polar surface area (TPSA) is 74.3 Å². The molecule has 0 saturated carbocycles. The van der Waals surface area contributed by atoms with Gasteiger partial charge in [0, 0.05) is 12.7 Å². The number of carbonyl (C=O) groups excluding carboxylic acids is 2. The Morgan fingerprint density at radius 2 is 2.00 bits per heavy atom. The summed E-state index contributed by atoms with van der Waals surface area (Å²) in [4.78, 5) is 31.3. The van der Waals surface area contributed by atoms with Crippen LogP contribution in [0.5, 0.6) is 0 Å². The number of hydrogen-bond acceptors (Lipinski definition) is 4. The van der Waals surface area contributed by atoms with Crippen LogP contribution in [0.3, 0.4) is 0 Å². The molecule has 1 fully saturated rings. The number of nitrogens with one attached hydrogen (secondary N) is 2. The Bertz CT molecular complexity index is 855. The Morgan fingerprint density at radius 3 is 2.67 bits per heavy atom. The number of pyridine rings is 1. The van der Waals surface area contributed by atoms with E-state index in [2.05, 4.69) is 46.8 Å². The summed E-state index contributed by atoms with van der Waals surface area (Å²) in [5.41, 5.74) is 2.37. The molecule has 3 rings (SSSR count). The number of carbonyl (C=O) groups is 2. The number of likely N-dealkylation sites (tertiary alicyclic amines) is 1. The Balaban J connectivity index is 1.49. The zero-order valence-electron chi connectivity index (χ0n) is 17.5. The molecule has 0 spiro atoms. The molecule has 1 aliphatic heterocycles. The first-order chi connectivity index (χ1) is 14.4. The van der Waals surface area contributed by atoms with Crippen molar-refractivity contribution < 1.29 is 9.59 Å². The van der Waals surface area contributed by atoms with Gasteiger partial charge in [-0.05, 0) is 56.0 Å². The number of halogens is 1. The van der Waals surface area contributed by atoms with Crippen LogP contribution < -0.4 is 10.6 Å². The summed E-state index contributed by atoms with van der Waals surface area (Å²) >= 11 is 5.83. The third-order valence-electron chi connectivity index (χ3n) is 5.49. The third kappa shape index (κ3) is 6.28.